The van der Waals surface area contributed by atoms with Gasteiger partial charge in [0, 0.05) is 30.9 Å². The molecule has 4 nitrogen and oxygen atoms in total. The highest BCUT2D eigenvalue weighted by Gasteiger charge is 2.10. The molecular formula is C23H21NO3. The average molecular weight is 359 g/mol. The number of rotatable bonds is 6. The van der Waals surface area contributed by atoms with Gasteiger partial charge in [0.25, 0.3) is 0 Å². The lowest BCUT2D eigenvalue weighted by Crippen LogP contribution is -2.09. The first-order chi connectivity index (χ1) is 13.0. The Hall–Kier alpha value is -3.40. The number of hydrogen-bond donors (Lipinski definition) is 0. The van der Waals surface area contributed by atoms with E-state index in [9.17, 15) is 9.59 Å². The molecular weight excluding hydrogens is 338 g/mol. The van der Waals surface area contributed by atoms with Crippen molar-refractivity contribution < 1.29 is 14.3 Å². The third-order valence-corrected chi connectivity index (χ3v) is 4.24. The molecule has 0 aliphatic rings. The molecule has 0 saturated heterocycles. The van der Waals surface area contributed by atoms with Crippen LogP contribution in [-0.2, 0) is 11.3 Å². The molecule has 27 heavy (non-hydrogen) atoms. The van der Waals surface area contributed by atoms with Gasteiger partial charge in [-0.15, -0.1) is 0 Å². The van der Waals surface area contributed by atoms with E-state index in [1.165, 1.54) is 0 Å². The van der Waals surface area contributed by atoms with Crippen LogP contribution in [0.2, 0.25) is 0 Å². The Morgan fingerprint density at radius 1 is 0.741 bits per heavy atom. The first kappa shape index (κ1) is 18.4. The summed E-state index contributed by atoms with van der Waals surface area (Å²) in [5.41, 5.74) is 3.62. The SMILES string of the molecule is CN(C)c1ccc(C(=O)OCc2ccc(C(=O)c3ccccc3)cc2)cc1. The van der Waals surface area contributed by atoms with E-state index in [4.69, 9.17) is 4.74 Å². The molecule has 0 aliphatic heterocycles. The van der Waals surface area contributed by atoms with Crippen molar-refractivity contribution in [3.8, 4) is 0 Å². The molecule has 0 bridgehead atoms. The Morgan fingerprint density at radius 3 is 1.89 bits per heavy atom. The quantitative estimate of drug-likeness (QED) is 0.485. The van der Waals surface area contributed by atoms with Gasteiger partial charge in [0.2, 0.25) is 0 Å². The van der Waals surface area contributed by atoms with Gasteiger partial charge in [0.15, 0.2) is 5.78 Å². The number of nitrogens with zero attached hydrogens (tertiary/aromatic N) is 1. The highest BCUT2D eigenvalue weighted by atomic mass is 16.5. The van der Waals surface area contributed by atoms with Crippen LogP contribution in [0.3, 0.4) is 0 Å². The largest absolute Gasteiger partial charge is 0.457 e. The molecule has 3 rings (SSSR count). The highest BCUT2D eigenvalue weighted by molar-refractivity contribution is 6.08. The summed E-state index contributed by atoms with van der Waals surface area (Å²) in [5, 5.41) is 0. The predicted octanol–water partition coefficient (Wildman–Crippen LogP) is 4.34. The molecule has 0 aliphatic carbocycles. The molecule has 0 aromatic heterocycles. The van der Waals surface area contributed by atoms with Gasteiger partial charge < -0.3 is 9.64 Å². The van der Waals surface area contributed by atoms with E-state index in [0.717, 1.165) is 11.3 Å². The van der Waals surface area contributed by atoms with Crippen LogP contribution in [0.25, 0.3) is 0 Å². The smallest absolute Gasteiger partial charge is 0.338 e. The normalized spacial score (nSPS) is 10.3. The molecule has 136 valence electrons. The summed E-state index contributed by atoms with van der Waals surface area (Å²) in [6, 6.07) is 23.5. The minimum absolute atomic E-state index is 0.0277. The summed E-state index contributed by atoms with van der Waals surface area (Å²) in [6.07, 6.45) is 0. The van der Waals surface area contributed by atoms with Crippen LogP contribution in [0.15, 0.2) is 78.9 Å². The topological polar surface area (TPSA) is 46.6 Å². The maximum atomic E-state index is 12.4. The second-order valence-corrected chi connectivity index (χ2v) is 6.41. The summed E-state index contributed by atoms with van der Waals surface area (Å²) in [4.78, 5) is 26.5. The van der Waals surface area contributed by atoms with E-state index in [0.29, 0.717) is 16.7 Å². The van der Waals surface area contributed by atoms with Gasteiger partial charge in [0.05, 0.1) is 5.56 Å². The van der Waals surface area contributed by atoms with Gasteiger partial charge in [0.1, 0.15) is 6.61 Å². The van der Waals surface area contributed by atoms with Crippen LogP contribution in [0.1, 0.15) is 31.8 Å². The summed E-state index contributed by atoms with van der Waals surface area (Å²) < 4.78 is 5.36. The van der Waals surface area contributed by atoms with Crippen molar-refractivity contribution in [3.63, 3.8) is 0 Å². The first-order valence-electron chi connectivity index (χ1n) is 8.68. The predicted molar refractivity (Wildman–Crippen MR) is 106 cm³/mol. The fourth-order valence-electron chi connectivity index (χ4n) is 2.64. The number of carbonyl (C=O) groups excluding carboxylic acids is 2. The maximum Gasteiger partial charge on any atom is 0.338 e. The monoisotopic (exact) mass is 359 g/mol. The maximum absolute atomic E-state index is 12.4. The number of ether oxygens (including phenoxy) is 1. The Kier molecular flexibility index (Phi) is 5.67. The van der Waals surface area contributed by atoms with Gasteiger partial charge in [-0.3, -0.25) is 4.79 Å². The average Bonchev–Trinajstić information content (AvgIpc) is 2.72. The van der Waals surface area contributed by atoms with Crippen molar-refractivity contribution in [3.05, 3.63) is 101 Å². The number of ketones is 1. The second-order valence-electron chi connectivity index (χ2n) is 6.41. The van der Waals surface area contributed by atoms with Crippen LogP contribution in [0.5, 0.6) is 0 Å². The van der Waals surface area contributed by atoms with Crippen LogP contribution < -0.4 is 4.90 Å². The van der Waals surface area contributed by atoms with Gasteiger partial charge in [-0.25, -0.2) is 4.79 Å². The van der Waals surface area contributed by atoms with Crippen LogP contribution in [-0.4, -0.2) is 25.8 Å². The lowest BCUT2D eigenvalue weighted by molar-refractivity contribution is 0.0472. The molecule has 3 aromatic rings. The number of esters is 1. The van der Waals surface area contributed by atoms with Gasteiger partial charge >= 0.3 is 5.97 Å². The molecule has 0 fully saturated rings. The molecule has 0 unspecified atom stereocenters. The number of anilines is 1. The summed E-state index contributed by atoms with van der Waals surface area (Å²) in [6.45, 7) is 0.161. The highest BCUT2D eigenvalue weighted by Crippen LogP contribution is 2.15. The molecule has 4 heteroatoms. The number of carbonyl (C=O) groups is 2. The van der Waals surface area contributed by atoms with E-state index in [1.54, 1.807) is 48.5 Å². The van der Waals surface area contributed by atoms with E-state index < -0.39 is 0 Å². The summed E-state index contributed by atoms with van der Waals surface area (Å²) in [5.74, 6) is -0.398. The van der Waals surface area contributed by atoms with Crippen molar-refractivity contribution in [1.29, 1.82) is 0 Å². The lowest BCUT2D eigenvalue weighted by atomic mass is 10.0. The third-order valence-electron chi connectivity index (χ3n) is 4.24. The molecule has 0 N–H and O–H groups in total. The molecule has 0 heterocycles. The van der Waals surface area contributed by atoms with Crippen molar-refractivity contribution in [1.82, 2.24) is 0 Å². The Balaban J connectivity index is 1.60. The van der Waals surface area contributed by atoms with Crippen LogP contribution in [0.4, 0.5) is 5.69 Å². The molecule has 0 atom stereocenters. The summed E-state index contributed by atoms with van der Waals surface area (Å²) >= 11 is 0. The molecule has 3 aromatic carbocycles. The zero-order valence-corrected chi connectivity index (χ0v) is 15.4. The number of hydrogen-bond acceptors (Lipinski definition) is 4. The second kappa shape index (κ2) is 8.32. The first-order valence-corrected chi connectivity index (χ1v) is 8.68. The zero-order chi connectivity index (χ0) is 19.2. The van der Waals surface area contributed by atoms with E-state index in [1.807, 2.05) is 49.3 Å². The number of benzene rings is 3. The fourth-order valence-corrected chi connectivity index (χ4v) is 2.64. The van der Waals surface area contributed by atoms with Gasteiger partial charge in [-0.1, -0.05) is 54.6 Å². The van der Waals surface area contributed by atoms with Crippen molar-refractivity contribution in [2.24, 2.45) is 0 Å². The molecule has 0 radical (unpaired) electrons. The third kappa shape index (κ3) is 4.61. The Bertz CT molecular complexity index is 914. The minimum atomic E-state index is -0.371. The fraction of sp³-hybridized carbons (Fsp3) is 0.130. The Morgan fingerprint density at radius 2 is 1.30 bits per heavy atom. The van der Waals surface area contributed by atoms with Crippen molar-refractivity contribution in [2.75, 3.05) is 19.0 Å². The lowest BCUT2D eigenvalue weighted by Gasteiger charge is -2.12. The van der Waals surface area contributed by atoms with Crippen molar-refractivity contribution in [2.45, 2.75) is 6.61 Å². The van der Waals surface area contributed by atoms with Gasteiger partial charge in [-0.05, 0) is 29.8 Å². The summed E-state index contributed by atoms with van der Waals surface area (Å²) in [7, 11) is 3.89. The van der Waals surface area contributed by atoms with Gasteiger partial charge in [-0.2, -0.15) is 0 Å². The van der Waals surface area contributed by atoms with E-state index >= 15 is 0 Å². The van der Waals surface area contributed by atoms with E-state index in [2.05, 4.69) is 0 Å². The van der Waals surface area contributed by atoms with Crippen LogP contribution in [0, 0.1) is 0 Å². The van der Waals surface area contributed by atoms with Crippen LogP contribution >= 0.6 is 0 Å². The Labute approximate surface area is 159 Å². The minimum Gasteiger partial charge on any atom is -0.457 e. The zero-order valence-electron chi connectivity index (χ0n) is 15.4. The van der Waals surface area contributed by atoms with Crippen molar-refractivity contribution >= 4 is 17.4 Å². The molecule has 0 spiro atoms. The molecule has 0 saturated carbocycles. The molecule has 0 amide bonds. The van der Waals surface area contributed by atoms with E-state index in [-0.39, 0.29) is 18.4 Å². The standard InChI is InChI=1S/C23H21NO3/c1-24(2)21-14-12-20(13-15-21)23(26)27-16-17-8-10-19(11-9-17)22(25)18-6-4-3-5-7-18/h3-15H,16H2,1-2H3.